The van der Waals surface area contributed by atoms with E-state index in [2.05, 4.69) is 0 Å². The molecule has 0 fully saturated rings. The molecule has 0 aliphatic heterocycles. The maximum Gasteiger partial charge on any atom is 0.332 e. The first-order valence-corrected chi connectivity index (χ1v) is 8.13. The molecule has 0 spiro atoms. The van der Waals surface area contributed by atoms with Gasteiger partial charge in [-0.05, 0) is 24.1 Å². The Balaban J connectivity index is 2.67. The second-order valence-electron chi connectivity index (χ2n) is 4.15. The van der Waals surface area contributed by atoms with Crippen molar-refractivity contribution < 1.29 is 27.3 Å². The standard InChI is InChI=1S/C12H15FO5S2/c1-8(14)19-7-6-11(15)12(16)9-2-4-10(5-3-9)20(13,17)18/h2-5,11-12,15-16H,6-7H2,1H3. The first-order valence-electron chi connectivity index (χ1n) is 5.76. The summed E-state index contributed by atoms with van der Waals surface area (Å²) in [5, 5.41) is 19.5. The number of benzene rings is 1. The van der Waals surface area contributed by atoms with Crippen LogP contribution in [0.4, 0.5) is 3.89 Å². The Labute approximate surface area is 121 Å². The quantitative estimate of drug-likeness (QED) is 0.770. The molecule has 2 atom stereocenters. The monoisotopic (exact) mass is 322 g/mol. The highest BCUT2D eigenvalue weighted by Gasteiger charge is 2.19. The van der Waals surface area contributed by atoms with E-state index in [0.717, 1.165) is 23.9 Å². The summed E-state index contributed by atoms with van der Waals surface area (Å²) < 4.78 is 34.0. The number of carbonyl (C=O) groups excluding carboxylic acids is 1. The number of rotatable bonds is 6. The fourth-order valence-corrected chi connectivity index (χ4v) is 2.64. The van der Waals surface area contributed by atoms with Gasteiger partial charge in [0, 0.05) is 12.7 Å². The Kier molecular flexibility index (Phi) is 6.12. The van der Waals surface area contributed by atoms with E-state index < -0.39 is 27.3 Å². The molecule has 0 amide bonds. The van der Waals surface area contributed by atoms with Gasteiger partial charge in [-0.1, -0.05) is 23.9 Å². The molecular formula is C12H15FO5S2. The molecule has 0 saturated heterocycles. The predicted molar refractivity (Wildman–Crippen MR) is 73.5 cm³/mol. The van der Waals surface area contributed by atoms with Gasteiger partial charge >= 0.3 is 10.2 Å². The van der Waals surface area contributed by atoms with E-state index in [-0.39, 0.29) is 17.1 Å². The average Bonchev–Trinajstić information content (AvgIpc) is 2.36. The third-order valence-corrected chi connectivity index (χ3v) is 4.27. The molecule has 0 aromatic heterocycles. The number of hydrogen-bond donors (Lipinski definition) is 2. The van der Waals surface area contributed by atoms with Crippen molar-refractivity contribution in [1.29, 1.82) is 0 Å². The molecule has 0 bridgehead atoms. The van der Waals surface area contributed by atoms with Crippen LogP contribution in [0.5, 0.6) is 0 Å². The van der Waals surface area contributed by atoms with Gasteiger partial charge in [0.05, 0.1) is 11.0 Å². The molecule has 2 unspecified atom stereocenters. The summed E-state index contributed by atoms with van der Waals surface area (Å²) in [6.07, 6.45) is -2.11. The Hall–Kier alpha value is -0.960. The number of aliphatic hydroxyl groups excluding tert-OH is 2. The van der Waals surface area contributed by atoms with Crippen LogP contribution >= 0.6 is 11.8 Å². The topological polar surface area (TPSA) is 91.7 Å². The molecule has 8 heteroatoms. The van der Waals surface area contributed by atoms with Gasteiger partial charge in [0.2, 0.25) is 0 Å². The lowest BCUT2D eigenvalue weighted by Gasteiger charge is -2.17. The molecule has 20 heavy (non-hydrogen) atoms. The van der Waals surface area contributed by atoms with Crippen molar-refractivity contribution in [3.63, 3.8) is 0 Å². The number of carbonyl (C=O) groups is 1. The zero-order valence-corrected chi connectivity index (χ0v) is 12.3. The van der Waals surface area contributed by atoms with Gasteiger partial charge in [-0.3, -0.25) is 4.79 Å². The molecule has 1 aromatic carbocycles. The minimum absolute atomic E-state index is 0.0794. The summed E-state index contributed by atoms with van der Waals surface area (Å²) in [7, 11) is -4.77. The van der Waals surface area contributed by atoms with Crippen LogP contribution in [0.15, 0.2) is 29.2 Å². The van der Waals surface area contributed by atoms with E-state index >= 15 is 0 Å². The summed E-state index contributed by atoms with van der Waals surface area (Å²) in [6.45, 7) is 1.41. The zero-order valence-electron chi connectivity index (χ0n) is 10.7. The van der Waals surface area contributed by atoms with Crippen LogP contribution in [0.25, 0.3) is 0 Å². The summed E-state index contributed by atoms with van der Waals surface area (Å²) >= 11 is 1.04. The highest BCUT2D eigenvalue weighted by Crippen LogP contribution is 2.22. The molecule has 0 aliphatic rings. The third kappa shape index (κ3) is 5.20. The van der Waals surface area contributed by atoms with Crippen LogP contribution in [0.1, 0.15) is 25.0 Å². The largest absolute Gasteiger partial charge is 0.390 e. The maximum atomic E-state index is 12.7. The van der Waals surface area contributed by atoms with Crippen LogP contribution in [0, 0.1) is 0 Å². The smallest absolute Gasteiger partial charge is 0.332 e. The van der Waals surface area contributed by atoms with Crippen molar-refractivity contribution in [2.45, 2.75) is 30.4 Å². The van der Waals surface area contributed by atoms with Crippen LogP contribution < -0.4 is 0 Å². The highest BCUT2D eigenvalue weighted by molar-refractivity contribution is 8.13. The van der Waals surface area contributed by atoms with Gasteiger partial charge in [-0.2, -0.15) is 8.42 Å². The molecule has 0 aliphatic carbocycles. The number of aliphatic hydroxyl groups is 2. The lowest BCUT2D eigenvalue weighted by atomic mass is 10.0. The van der Waals surface area contributed by atoms with Crippen LogP contribution in [0.2, 0.25) is 0 Å². The number of halogens is 1. The van der Waals surface area contributed by atoms with Crippen LogP contribution in [-0.2, 0) is 15.0 Å². The minimum Gasteiger partial charge on any atom is -0.390 e. The predicted octanol–water partition coefficient (Wildman–Crippen LogP) is 1.41. The van der Waals surface area contributed by atoms with Crippen molar-refractivity contribution in [3.8, 4) is 0 Å². The second kappa shape index (κ2) is 7.16. The van der Waals surface area contributed by atoms with Crippen molar-refractivity contribution in [2.75, 3.05) is 5.75 Å². The SMILES string of the molecule is CC(=O)SCCC(O)C(O)c1ccc(S(=O)(=O)F)cc1. The summed E-state index contributed by atoms with van der Waals surface area (Å²) in [5.41, 5.74) is 0.276. The highest BCUT2D eigenvalue weighted by atomic mass is 32.3. The molecule has 5 nitrogen and oxygen atoms in total. The van der Waals surface area contributed by atoms with Gasteiger partial charge in [0.15, 0.2) is 5.12 Å². The Morgan fingerprint density at radius 1 is 1.30 bits per heavy atom. The van der Waals surface area contributed by atoms with Crippen molar-refractivity contribution >= 4 is 27.1 Å². The second-order valence-corrected chi connectivity index (χ2v) is 6.77. The fourth-order valence-electron chi connectivity index (χ4n) is 1.53. The van der Waals surface area contributed by atoms with Gasteiger partial charge in [-0.15, -0.1) is 3.89 Å². The van der Waals surface area contributed by atoms with E-state index in [9.17, 15) is 27.3 Å². The molecule has 1 rings (SSSR count). The lowest BCUT2D eigenvalue weighted by molar-refractivity contribution is -0.109. The fraction of sp³-hybridized carbons (Fsp3) is 0.417. The van der Waals surface area contributed by atoms with Gasteiger partial charge in [0.1, 0.15) is 6.10 Å². The third-order valence-electron chi connectivity index (χ3n) is 2.59. The van der Waals surface area contributed by atoms with E-state index in [1.54, 1.807) is 0 Å². The molecule has 1 aromatic rings. The number of hydrogen-bond acceptors (Lipinski definition) is 6. The summed E-state index contributed by atoms with van der Waals surface area (Å²) in [6, 6.07) is 4.51. The van der Waals surface area contributed by atoms with Crippen molar-refractivity contribution in [1.82, 2.24) is 0 Å². The molecule has 0 radical (unpaired) electrons. The molecule has 0 saturated carbocycles. The molecule has 2 N–H and O–H groups in total. The Morgan fingerprint density at radius 3 is 2.30 bits per heavy atom. The van der Waals surface area contributed by atoms with Crippen LogP contribution in [0.3, 0.4) is 0 Å². The van der Waals surface area contributed by atoms with Gasteiger partial charge in [-0.25, -0.2) is 0 Å². The van der Waals surface area contributed by atoms with Gasteiger partial charge < -0.3 is 10.2 Å². The normalized spacial score (nSPS) is 14.8. The molecular weight excluding hydrogens is 307 g/mol. The van der Waals surface area contributed by atoms with E-state index in [1.807, 2.05) is 0 Å². The number of thioether (sulfide) groups is 1. The van der Waals surface area contributed by atoms with E-state index in [0.29, 0.717) is 5.75 Å². The zero-order chi connectivity index (χ0) is 15.3. The molecule has 0 heterocycles. The Morgan fingerprint density at radius 2 is 1.85 bits per heavy atom. The minimum atomic E-state index is -4.77. The summed E-state index contributed by atoms with van der Waals surface area (Å²) in [5.74, 6) is 0.366. The van der Waals surface area contributed by atoms with E-state index in [1.165, 1.54) is 19.1 Å². The molecule has 112 valence electrons. The summed E-state index contributed by atoms with van der Waals surface area (Å²) in [4.78, 5) is 10.2. The average molecular weight is 322 g/mol. The first-order chi connectivity index (χ1) is 9.21. The maximum absolute atomic E-state index is 12.7. The van der Waals surface area contributed by atoms with Crippen molar-refractivity contribution in [3.05, 3.63) is 29.8 Å². The lowest BCUT2D eigenvalue weighted by Crippen LogP contribution is -2.19. The van der Waals surface area contributed by atoms with Gasteiger partial charge in [0.25, 0.3) is 0 Å². The van der Waals surface area contributed by atoms with Crippen molar-refractivity contribution in [2.24, 2.45) is 0 Å². The Bertz CT molecular complexity index is 556. The van der Waals surface area contributed by atoms with E-state index in [4.69, 9.17) is 0 Å². The first kappa shape index (κ1) is 17.1. The van der Waals surface area contributed by atoms with Crippen LogP contribution in [-0.4, -0.2) is 35.6 Å².